The van der Waals surface area contributed by atoms with Gasteiger partial charge in [-0.25, -0.2) is 0 Å². The van der Waals surface area contributed by atoms with E-state index in [0.717, 1.165) is 16.9 Å². The number of fused-ring (bicyclic) bond motifs is 3. The highest BCUT2D eigenvalue weighted by Crippen LogP contribution is 2.58. The number of anilines is 3. The largest absolute Gasteiger partial charge is 0.508 e. The van der Waals surface area contributed by atoms with Gasteiger partial charge >= 0.3 is 0 Å². The molecule has 2 amide bonds. The Hall–Kier alpha value is -4.96. The van der Waals surface area contributed by atoms with Gasteiger partial charge in [-0.1, -0.05) is 29.8 Å². The number of para-hydroxylation sites is 1. The molecule has 1 heterocycles. The van der Waals surface area contributed by atoms with Crippen LogP contribution in [0.4, 0.5) is 17.1 Å². The predicted octanol–water partition coefficient (Wildman–Crippen LogP) is 6.12. The smallest absolute Gasteiger partial charge is 0.238 e. The molecule has 7 rings (SSSR count). The van der Waals surface area contributed by atoms with Crippen molar-refractivity contribution in [2.75, 3.05) is 24.4 Å². The fraction of sp³-hybridized carbons (Fsp3) is 0.222. The maximum absolute atomic E-state index is 14.3. The number of nitrogens with zero attached hydrogens (tertiary/aromatic N) is 1. The van der Waals surface area contributed by atoms with Gasteiger partial charge in [0.25, 0.3) is 0 Å². The number of ketones is 2. The number of amides is 2. The highest BCUT2D eigenvalue weighted by Gasteiger charge is 2.57. The number of methoxy groups -OCH3 is 2. The van der Waals surface area contributed by atoms with Crippen LogP contribution in [0.3, 0.4) is 0 Å². The van der Waals surface area contributed by atoms with E-state index in [1.807, 2.05) is 48.5 Å². The molecule has 1 aliphatic heterocycles. The van der Waals surface area contributed by atoms with Gasteiger partial charge in [-0.05, 0) is 71.1 Å². The second kappa shape index (κ2) is 11.4. The van der Waals surface area contributed by atoms with Crippen LogP contribution >= 0.6 is 15.9 Å². The molecule has 3 aromatic carbocycles. The molecule has 2 N–H and O–H groups in total. The highest BCUT2D eigenvalue weighted by molar-refractivity contribution is 9.12. The number of halogens is 1. The number of allylic oxidation sites excluding steroid dienone is 6. The summed E-state index contributed by atoms with van der Waals surface area (Å²) >= 11 is 3.26. The Kier molecular flexibility index (Phi) is 7.39. The van der Waals surface area contributed by atoms with Crippen LogP contribution in [0.15, 0.2) is 100 Å². The Labute approximate surface area is 273 Å². The van der Waals surface area contributed by atoms with Gasteiger partial charge in [-0.2, -0.15) is 0 Å². The van der Waals surface area contributed by atoms with Crippen molar-refractivity contribution < 1.29 is 33.8 Å². The van der Waals surface area contributed by atoms with Crippen molar-refractivity contribution in [1.82, 2.24) is 0 Å². The van der Waals surface area contributed by atoms with Crippen LogP contribution in [0.2, 0.25) is 0 Å². The average molecular weight is 682 g/mol. The number of ether oxygens (including phenoxy) is 2. The summed E-state index contributed by atoms with van der Waals surface area (Å²) < 4.78 is 11.5. The van der Waals surface area contributed by atoms with Gasteiger partial charge in [0, 0.05) is 52.2 Å². The molecule has 1 fully saturated rings. The molecular weight excluding hydrogens is 652 g/mol. The minimum atomic E-state index is -0.797. The van der Waals surface area contributed by atoms with Crippen molar-refractivity contribution >= 4 is 56.4 Å². The Morgan fingerprint density at radius 1 is 0.870 bits per heavy atom. The summed E-state index contributed by atoms with van der Waals surface area (Å²) in [7, 11) is 2.89. The first-order valence-corrected chi connectivity index (χ1v) is 15.6. The Balaban J connectivity index is 1.29. The first-order valence-electron chi connectivity index (χ1n) is 14.9. The van der Waals surface area contributed by atoms with Gasteiger partial charge in [-0.3, -0.25) is 24.1 Å². The van der Waals surface area contributed by atoms with Gasteiger partial charge in [0.15, 0.2) is 11.6 Å². The molecule has 3 aromatic rings. The second-order valence-corrected chi connectivity index (χ2v) is 12.6. The van der Waals surface area contributed by atoms with Crippen LogP contribution in [0.25, 0.3) is 0 Å². The maximum Gasteiger partial charge on any atom is 0.238 e. The number of aromatic hydroxyl groups is 1. The lowest BCUT2D eigenvalue weighted by Gasteiger charge is -2.42. The van der Waals surface area contributed by atoms with E-state index >= 15 is 0 Å². The van der Waals surface area contributed by atoms with Crippen molar-refractivity contribution in [2.24, 2.45) is 17.8 Å². The number of phenolic OH excluding ortho intramolecular Hbond substituents is 1. The van der Waals surface area contributed by atoms with Crippen LogP contribution in [-0.2, 0) is 19.2 Å². The van der Waals surface area contributed by atoms with E-state index in [1.165, 1.54) is 37.3 Å². The molecule has 4 atom stereocenters. The molecular formula is C36H29BrN2O7. The van der Waals surface area contributed by atoms with E-state index in [0.29, 0.717) is 16.8 Å². The van der Waals surface area contributed by atoms with E-state index < -0.39 is 23.7 Å². The molecule has 232 valence electrons. The number of carbonyl (C=O) groups excluding carboxylic acids is 4. The van der Waals surface area contributed by atoms with E-state index in [-0.39, 0.29) is 63.5 Å². The lowest BCUT2D eigenvalue weighted by atomic mass is 9.59. The number of carbonyl (C=O) groups is 4. The van der Waals surface area contributed by atoms with Crippen LogP contribution in [0.5, 0.6) is 17.2 Å². The normalized spacial score (nSPS) is 23.8. The van der Waals surface area contributed by atoms with E-state index in [1.54, 1.807) is 12.1 Å². The number of imide groups is 1. The Bertz CT molecular complexity index is 1890. The standard InChI is InChI=1S/C36H29BrN2O7/c1-45-28-14-21(40)15-29(46-2)33(28)32-22-12-13-23-30(24(22)16-25-31(32)27(41)17-26(37)34(25)42)36(44)39(35(23)43)20-10-8-19(9-11-20)38-18-6-4-3-5-7-18/h3-12,14-15,17,23-24,30,32,38,40H,13,16H2,1-2H3. The number of Topliss-reactive ketones (excluding diaryl/α,β-unsaturated/α-hetero) is 1. The molecule has 9 nitrogen and oxygen atoms in total. The number of benzene rings is 3. The molecule has 1 saturated heterocycles. The summed E-state index contributed by atoms with van der Waals surface area (Å²) in [5, 5.41) is 13.7. The third kappa shape index (κ3) is 4.67. The number of rotatable bonds is 6. The van der Waals surface area contributed by atoms with Crippen LogP contribution in [0.1, 0.15) is 24.3 Å². The van der Waals surface area contributed by atoms with Crippen molar-refractivity contribution in [2.45, 2.75) is 18.8 Å². The maximum atomic E-state index is 14.3. The lowest BCUT2D eigenvalue weighted by Crippen LogP contribution is -2.39. The summed E-state index contributed by atoms with van der Waals surface area (Å²) in [6.07, 6.45) is 3.61. The quantitative estimate of drug-likeness (QED) is 0.181. The average Bonchev–Trinajstić information content (AvgIpc) is 3.32. The fourth-order valence-electron chi connectivity index (χ4n) is 7.38. The van der Waals surface area contributed by atoms with Crippen molar-refractivity contribution in [1.29, 1.82) is 0 Å². The monoisotopic (exact) mass is 680 g/mol. The van der Waals surface area contributed by atoms with Crippen molar-refractivity contribution in [3.05, 3.63) is 106 Å². The second-order valence-electron chi connectivity index (χ2n) is 11.7. The van der Waals surface area contributed by atoms with E-state index in [2.05, 4.69) is 21.2 Å². The third-order valence-electron chi connectivity index (χ3n) is 9.34. The first-order chi connectivity index (χ1) is 22.2. The first kappa shape index (κ1) is 29.7. The topological polar surface area (TPSA) is 122 Å². The van der Waals surface area contributed by atoms with Crippen LogP contribution in [0, 0.1) is 17.8 Å². The zero-order valence-electron chi connectivity index (χ0n) is 25.0. The van der Waals surface area contributed by atoms with Gasteiger partial charge < -0.3 is 19.9 Å². The van der Waals surface area contributed by atoms with E-state index in [4.69, 9.17) is 9.47 Å². The van der Waals surface area contributed by atoms with Gasteiger partial charge in [0.1, 0.15) is 17.2 Å². The number of hydrogen-bond acceptors (Lipinski definition) is 8. The summed E-state index contributed by atoms with van der Waals surface area (Å²) in [6, 6.07) is 19.7. The Morgan fingerprint density at radius 3 is 2.17 bits per heavy atom. The van der Waals surface area contributed by atoms with Crippen LogP contribution in [-0.4, -0.2) is 42.7 Å². The molecule has 10 heteroatoms. The number of phenols is 1. The van der Waals surface area contributed by atoms with Crippen molar-refractivity contribution in [3.63, 3.8) is 0 Å². The molecule has 0 bridgehead atoms. The summed E-state index contributed by atoms with van der Waals surface area (Å²) in [6.45, 7) is 0. The number of nitrogens with one attached hydrogen (secondary N) is 1. The number of hydrogen-bond donors (Lipinski definition) is 2. The zero-order chi connectivity index (χ0) is 32.3. The minimum absolute atomic E-state index is 0.0948. The third-order valence-corrected chi connectivity index (χ3v) is 9.93. The summed E-state index contributed by atoms with van der Waals surface area (Å²) in [5.41, 5.74) is 3.97. The highest BCUT2D eigenvalue weighted by atomic mass is 79.9. The molecule has 4 aliphatic rings. The van der Waals surface area contributed by atoms with Crippen LogP contribution < -0.4 is 19.7 Å². The molecule has 4 unspecified atom stereocenters. The van der Waals surface area contributed by atoms with Crippen molar-refractivity contribution in [3.8, 4) is 17.2 Å². The molecule has 3 aliphatic carbocycles. The zero-order valence-corrected chi connectivity index (χ0v) is 26.5. The Morgan fingerprint density at radius 2 is 1.52 bits per heavy atom. The summed E-state index contributed by atoms with van der Waals surface area (Å²) in [5.74, 6) is -3.58. The molecule has 0 saturated carbocycles. The fourth-order valence-corrected chi connectivity index (χ4v) is 7.83. The molecule has 0 aromatic heterocycles. The van der Waals surface area contributed by atoms with E-state index in [9.17, 15) is 24.3 Å². The molecule has 46 heavy (non-hydrogen) atoms. The lowest BCUT2D eigenvalue weighted by molar-refractivity contribution is -0.123. The minimum Gasteiger partial charge on any atom is -0.508 e. The SMILES string of the molecule is COc1cc(O)cc(OC)c1C1C2=CCC3C(=O)N(c4ccc(Nc5ccccc5)cc4)C(=O)C3C2CC2=C1C(=O)C=C(Br)C2=O. The van der Waals surface area contributed by atoms with Gasteiger partial charge in [0.05, 0.1) is 36.2 Å². The molecule has 0 radical (unpaired) electrons. The molecule has 0 spiro atoms. The van der Waals surface area contributed by atoms with Gasteiger partial charge in [0.2, 0.25) is 11.8 Å². The summed E-state index contributed by atoms with van der Waals surface area (Å²) in [4.78, 5) is 56.6. The van der Waals surface area contributed by atoms with Gasteiger partial charge in [-0.15, -0.1) is 0 Å². The predicted molar refractivity (Wildman–Crippen MR) is 174 cm³/mol.